The van der Waals surface area contributed by atoms with E-state index < -0.39 is 6.09 Å². The average molecular weight is 182 g/mol. The Morgan fingerprint density at radius 2 is 2.54 bits per heavy atom. The third kappa shape index (κ3) is 3.53. The number of nitrogens with zero attached hydrogens (tertiary/aromatic N) is 1. The molecule has 0 unspecified atom stereocenters. The van der Waals surface area contributed by atoms with Crippen LogP contribution in [-0.4, -0.2) is 29.3 Å². The smallest absolute Gasteiger partial charge is 0.409 e. The molecule has 1 aromatic rings. The number of aliphatic hydroxyl groups excluding tert-OH is 1. The predicted molar refractivity (Wildman–Crippen MR) is 45.3 cm³/mol. The summed E-state index contributed by atoms with van der Waals surface area (Å²) in [7, 11) is 0. The molecular weight excluding hydrogens is 172 g/mol. The number of rotatable bonds is 3. The Morgan fingerprint density at radius 1 is 1.69 bits per heavy atom. The Morgan fingerprint density at radius 3 is 3.15 bits per heavy atom. The van der Waals surface area contributed by atoms with Crippen LogP contribution in [0.1, 0.15) is 0 Å². The molecule has 0 atom stereocenters. The van der Waals surface area contributed by atoms with E-state index in [1.54, 1.807) is 18.3 Å². The van der Waals surface area contributed by atoms with Gasteiger partial charge in [-0.3, -0.25) is 4.98 Å². The van der Waals surface area contributed by atoms with Gasteiger partial charge in [-0.2, -0.15) is 0 Å². The lowest BCUT2D eigenvalue weighted by Crippen LogP contribution is -2.29. The van der Waals surface area contributed by atoms with Crippen molar-refractivity contribution in [3.63, 3.8) is 0 Å². The first kappa shape index (κ1) is 9.47. The van der Waals surface area contributed by atoms with Crippen molar-refractivity contribution in [2.24, 2.45) is 0 Å². The van der Waals surface area contributed by atoms with Crippen molar-refractivity contribution >= 4 is 6.09 Å². The van der Waals surface area contributed by atoms with Gasteiger partial charge in [-0.15, -0.1) is 0 Å². The van der Waals surface area contributed by atoms with Gasteiger partial charge in [0.25, 0.3) is 0 Å². The molecule has 0 aliphatic rings. The first-order valence-corrected chi connectivity index (χ1v) is 3.79. The SMILES string of the molecule is O=C(NCCO)Oc1cccnc1. The van der Waals surface area contributed by atoms with Crippen LogP contribution >= 0.6 is 0 Å². The fourth-order valence-electron chi connectivity index (χ4n) is 0.709. The average Bonchev–Trinajstić information content (AvgIpc) is 2.16. The van der Waals surface area contributed by atoms with Gasteiger partial charge in [0.05, 0.1) is 12.8 Å². The molecule has 0 saturated heterocycles. The summed E-state index contributed by atoms with van der Waals surface area (Å²) in [5.41, 5.74) is 0. The van der Waals surface area contributed by atoms with Crippen molar-refractivity contribution in [3.05, 3.63) is 24.5 Å². The summed E-state index contributed by atoms with van der Waals surface area (Å²) < 4.78 is 4.79. The van der Waals surface area contributed by atoms with Gasteiger partial charge < -0.3 is 15.2 Å². The molecule has 0 aliphatic heterocycles. The highest BCUT2D eigenvalue weighted by atomic mass is 16.6. The molecule has 1 rings (SSSR count). The van der Waals surface area contributed by atoms with Gasteiger partial charge in [0.15, 0.2) is 5.75 Å². The lowest BCUT2D eigenvalue weighted by molar-refractivity contribution is 0.195. The van der Waals surface area contributed by atoms with Crippen molar-refractivity contribution in [3.8, 4) is 5.75 Å². The monoisotopic (exact) mass is 182 g/mol. The second kappa shape index (κ2) is 5.10. The summed E-state index contributed by atoms with van der Waals surface area (Å²) in [6.07, 6.45) is 2.42. The minimum Gasteiger partial charge on any atom is -0.409 e. The number of ether oxygens (including phenoxy) is 1. The molecule has 2 N–H and O–H groups in total. The molecule has 0 bridgehead atoms. The first-order chi connectivity index (χ1) is 6.33. The molecule has 0 fully saturated rings. The topological polar surface area (TPSA) is 71.5 Å². The summed E-state index contributed by atoms with van der Waals surface area (Å²) in [6, 6.07) is 3.28. The molecule has 0 saturated carbocycles. The Bertz CT molecular complexity index is 263. The Hall–Kier alpha value is -1.62. The first-order valence-electron chi connectivity index (χ1n) is 3.79. The third-order valence-corrected chi connectivity index (χ3v) is 1.23. The van der Waals surface area contributed by atoms with E-state index in [0.717, 1.165) is 0 Å². The van der Waals surface area contributed by atoms with E-state index in [2.05, 4.69) is 10.3 Å². The van der Waals surface area contributed by atoms with Crippen LogP contribution in [0, 0.1) is 0 Å². The van der Waals surface area contributed by atoms with E-state index in [1.807, 2.05) is 0 Å². The molecule has 13 heavy (non-hydrogen) atoms. The Kier molecular flexibility index (Phi) is 3.72. The number of hydrogen-bond donors (Lipinski definition) is 2. The molecule has 0 aromatic carbocycles. The van der Waals surface area contributed by atoms with Crippen LogP contribution < -0.4 is 10.1 Å². The molecule has 0 radical (unpaired) electrons. The van der Waals surface area contributed by atoms with E-state index in [1.165, 1.54) is 6.20 Å². The van der Waals surface area contributed by atoms with E-state index in [9.17, 15) is 4.79 Å². The second-order valence-corrected chi connectivity index (χ2v) is 2.23. The summed E-state index contributed by atoms with van der Waals surface area (Å²) in [5.74, 6) is 0.373. The number of carbonyl (C=O) groups is 1. The molecule has 1 amide bonds. The molecular formula is C8H10N2O3. The number of nitrogens with one attached hydrogen (secondary N) is 1. The summed E-state index contributed by atoms with van der Waals surface area (Å²) in [6.45, 7) is 0.0707. The highest BCUT2D eigenvalue weighted by Gasteiger charge is 2.01. The van der Waals surface area contributed by atoms with Crippen LogP contribution in [0.15, 0.2) is 24.5 Å². The fraction of sp³-hybridized carbons (Fsp3) is 0.250. The van der Waals surface area contributed by atoms with Crippen LogP contribution in [-0.2, 0) is 0 Å². The van der Waals surface area contributed by atoms with Gasteiger partial charge in [-0.25, -0.2) is 4.79 Å². The zero-order valence-corrected chi connectivity index (χ0v) is 6.93. The maximum Gasteiger partial charge on any atom is 0.412 e. The Balaban J connectivity index is 2.37. The van der Waals surface area contributed by atoms with Gasteiger partial charge in [-0.05, 0) is 12.1 Å². The normalized spacial score (nSPS) is 9.31. The largest absolute Gasteiger partial charge is 0.412 e. The van der Waals surface area contributed by atoms with E-state index in [0.29, 0.717) is 5.75 Å². The van der Waals surface area contributed by atoms with E-state index in [4.69, 9.17) is 9.84 Å². The zero-order chi connectivity index (χ0) is 9.52. The number of aliphatic hydroxyl groups is 1. The molecule has 70 valence electrons. The van der Waals surface area contributed by atoms with Crippen molar-refractivity contribution in [2.45, 2.75) is 0 Å². The second-order valence-electron chi connectivity index (χ2n) is 2.23. The van der Waals surface area contributed by atoms with Crippen molar-refractivity contribution in [2.75, 3.05) is 13.2 Å². The van der Waals surface area contributed by atoms with Gasteiger partial charge >= 0.3 is 6.09 Å². The van der Waals surface area contributed by atoms with Gasteiger partial charge in [-0.1, -0.05) is 0 Å². The lowest BCUT2D eigenvalue weighted by Gasteiger charge is -2.03. The number of amides is 1. The van der Waals surface area contributed by atoms with Crippen molar-refractivity contribution in [1.82, 2.24) is 10.3 Å². The van der Waals surface area contributed by atoms with Gasteiger partial charge in [0.1, 0.15) is 0 Å². The van der Waals surface area contributed by atoms with Crippen LogP contribution in [0.3, 0.4) is 0 Å². The molecule has 5 heteroatoms. The lowest BCUT2D eigenvalue weighted by atomic mass is 10.5. The van der Waals surface area contributed by atoms with Gasteiger partial charge in [0, 0.05) is 12.7 Å². The van der Waals surface area contributed by atoms with Gasteiger partial charge in [0.2, 0.25) is 0 Å². The number of aromatic nitrogens is 1. The van der Waals surface area contributed by atoms with E-state index >= 15 is 0 Å². The van der Waals surface area contributed by atoms with Crippen LogP contribution in [0.2, 0.25) is 0 Å². The van der Waals surface area contributed by atoms with Crippen molar-refractivity contribution < 1.29 is 14.6 Å². The molecule has 1 aromatic heterocycles. The summed E-state index contributed by atoms with van der Waals surface area (Å²) in [4.78, 5) is 14.7. The Labute approximate surface area is 75.4 Å². The van der Waals surface area contributed by atoms with Crippen LogP contribution in [0.25, 0.3) is 0 Å². The zero-order valence-electron chi connectivity index (χ0n) is 6.93. The van der Waals surface area contributed by atoms with Crippen LogP contribution in [0.4, 0.5) is 4.79 Å². The van der Waals surface area contributed by atoms with Crippen LogP contribution in [0.5, 0.6) is 5.75 Å². The maximum absolute atomic E-state index is 10.9. The van der Waals surface area contributed by atoms with Crippen molar-refractivity contribution in [1.29, 1.82) is 0 Å². The third-order valence-electron chi connectivity index (χ3n) is 1.23. The fourth-order valence-corrected chi connectivity index (χ4v) is 0.709. The number of hydrogen-bond acceptors (Lipinski definition) is 4. The summed E-state index contributed by atoms with van der Waals surface area (Å²) >= 11 is 0. The number of carbonyl (C=O) groups excluding carboxylic acids is 1. The highest BCUT2D eigenvalue weighted by Crippen LogP contribution is 2.05. The number of pyridine rings is 1. The van der Waals surface area contributed by atoms with E-state index in [-0.39, 0.29) is 13.2 Å². The molecule has 1 heterocycles. The molecule has 5 nitrogen and oxygen atoms in total. The standard InChI is InChI=1S/C8H10N2O3/c11-5-4-10-8(12)13-7-2-1-3-9-6-7/h1-3,6,11H,4-5H2,(H,10,12). The molecule has 0 aliphatic carbocycles. The minimum atomic E-state index is -0.595. The predicted octanol–water partition coefficient (Wildman–Crippen LogP) is 0.162. The minimum absolute atomic E-state index is 0.109. The quantitative estimate of drug-likeness (QED) is 0.698. The molecule has 0 spiro atoms. The maximum atomic E-state index is 10.9. The summed E-state index contributed by atoms with van der Waals surface area (Å²) in [5, 5.41) is 10.7. The highest BCUT2D eigenvalue weighted by molar-refractivity contribution is 5.70.